The fraction of sp³-hybridized carbons (Fsp3) is 0.172. The minimum absolute atomic E-state index is 0.152. The average molecular weight is 524 g/mol. The van der Waals surface area contributed by atoms with Crippen LogP contribution in [0.3, 0.4) is 0 Å². The second-order valence-electron chi connectivity index (χ2n) is 8.70. The first kappa shape index (κ1) is 26.5. The number of hydrogen-bond donors (Lipinski definition) is 1. The number of carbonyl (C=O) groups is 1. The molecule has 0 bridgehead atoms. The second-order valence-corrected chi connectivity index (χ2v) is 8.70. The molecule has 0 saturated heterocycles. The van der Waals surface area contributed by atoms with Gasteiger partial charge >= 0.3 is 12.1 Å². The summed E-state index contributed by atoms with van der Waals surface area (Å²) in [6, 6.07) is 19.3. The van der Waals surface area contributed by atoms with E-state index in [1.807, 2.05) is 6.92 Å². The molecule has 0 aliphatic heterocycles. The average Bonchev–Trinajstić information content (AvgIpc) is 2.84. The minimum atomic E-state index is -4.61. The van der Waals surface area contributed by atoms with Crippen LogP contribution in [-0.2, 0) is 11.0 Å². The van der Waals surface area contributed by atoms with Crippen molar-refractivity contribution in [3.8, 4) is 34.6 Å². The normalized spacial score (nSPS) is 12.1. The first-order valence-electron chi connectivity index (χ1n) is 11.6. The minimum Gasteiger partial charge on any atom is -0.481 e. The van der Waals surface area contributed by atoms with E-state index in [0.717, 1.165) is 17.2 Å². The van der Waals surface area contributed by atoms with E-state index in [0.29, 0.717) is 29.0 Å². The quantitative estimate of drug-likeness (QED) is 0.250. The monoisotopic (exact) mass is 523 g/mol. The van der Waals surface area contributed by atoms with E-state index in [4.69, 9.17) is 14.2 Å². The van der Waals surface area contributed by atoms with Gasteiger partial charge in [-0.2, -0.15) is 13.2 Å². The number of hydrogen-bond acceptors (Lipinski definition) is 5. The van der Waals surface area contributed by atoms with Gasteiger partial charge in [-0.25, -0.2) is 4.98 Å². The Kier molecular flexibility index (Phi) is 7.57. The molecule has 0 spiro atoms. The lowest BCUT2D eigenvalue weighted by molar-refractivity contribution is -0.139. The van der Waals surface area contributed by atoms with Crippen LogP contribution in [0, 0.1) is 13.8 Å². The van der Waals surface area contributed by atoms with Gasteiger partial charge in [0.2, 0.25) is 0 Å². The number of alkyl halides is 3. The number of aromatic nitrogens is 1. The zero-order chi connectivity index (χ0) is 27.4. The fourth-order valence-corrected chi connectivity index (χ4v) is 3.76. The third-order valence-corrected chi connectivity index (χ3v) is 5.67. The number of benzene rings is 3. The molecule has 0 fully saturated rings. The lowest BCUT2D eigenvalue weighted by Gasteiger charge is -2.15. The van der Waals surface area contributed by atoms with Gasteiger partial charge in [0, 0.05) is 18.3 Å². The van der Waals surface area contributed by atoms with E-state index >= 15 is 0 Å². The zero-order valence-electron chi connectivity index (χ0n) is 20.7. The number of pyridine rings is 1. The van der Waals surface area contributed by atoms with Crippen molar-refractivity contribution in [1.29, 1.82) is 0 Å². The number of halogens is 3. The van der Waals surface area contributed by atoms with Crippen LogP contribution in [0.25, 0.3) is 0 Å². The molecular weight excluding hydrogens is 499 g/mol. The molecule has 1 unspecified atom stereocenters. The number of aliphatic carboxylic acids is 1. The van der Waals surface area contributed by atoms with Crippen LogP contribution in [0.1, 0.15) is 35.1 Å². The largest absolute Gasteiger partial charge is 0.481 e. The predicted molar refractivity (Wildman–Crippen MR) is 134 cm³/mol. The summed E-state index contributed by atoms with van der Waals surface area (Å²) in [5.74, 6) is -0.436. The topological polar surface area (TPSA) is 77.9 Å². The summed E-state index contributed by atoms with van der Waals surface area (Å²) in [6.45, 7) is 5.22. The number of para-hydroxylation sites is 1. The Labute approximate surface area is 217 Å². The van der Waals surface area contributed by atoms with Crippen LogP contribution >= 0.6 is 0 Å². The van der Waals surface area contributed by atoms with E-state index < -0.39 is 23.6 Å². The number of nitrogens with zero attached hydrogens (tertiary/aromatic N) is 1. The number of carboxylic acids is 1. The molecule has 196 valence electrons. The molecule has 38 heavy (non-hydrogen) atoms. The fourth-order valence-electron chi connectivity index (χ4n) is 3.76. The van der Waals surface area contributed by atoms with Crippen molar-refractivity contribution in [2.45, 2.75) is 32.9 Å². The third-order valence-electron chi connectivity index (χ3n) is 5.67. The standard InChI is InChI=1S/C29H24F3NO5/c1-17-11-23(36-22-9-10-25(18(2)13-22)19(3)28(34)35)15-24(12-17)38-27-26(37-21-7-5-4-6-8-21)14-20(16-33-27)29(30,31)32/h4-16,19H,1-3H3,(H,34,35). The Balaban J connectivity index is 1.62. The molecule has 0 amide bonds. The number of rotatable bonds is 8. The predicted octanol–water partition coefficient (Wildman–Crippen LogP) is 8.28. The van der Waals surface area contributed by atoms with Crippen molar-refractivity contribution < 1.29 is 37.3 Å². The molecule has 9 heteroatoms. The Morgan fingerprint density at radius 2 is 1.53 bits per heavy atom. The summed E-state index contributed by atoms with van der Waals surface area (Å²) in [7, 11) is 0. The van der Waals surface area contributed by atoms with Crippen LogP contribution in [0.15, 0.2) is 79.0 Å². The van der Waals surface area contributed by atoms with Gasteiger partial charge in [-0.05, 0) is 73.9 Å². The van der Waals surface area contributed by atoms with Crippen LogP contribution in [0.2, 0.25) is 0 Å². The molecule has 0 radical (unpaired) electrons. The van der Waals surface area contributed by atoms with E-state index in [9.17, 15) is 23.1 Å². The van der Waals surface area contributed by atoms with Gasteiger partial charge in [-0.1, -0.05) is 24.3 Å². The molecule has 1 aromatic heterocycles. The summed E-state index contributed by atoms with van der Waals surface area (Å²) in [5.41, 5.74) is 1.23. The van der Waals surface area contributed by atoms with Crippen LogP contribution in [0.4, 0.5) is 13.2 Å². The molecule has 4 aromatic rings. The highest BCUT2D eigenvalue weighted by Gasteiger charge is 2.32. The smallest absolute Gasteiger partial charge is 0.418 e. The zero-order valence-corrected chi connectivity index (χ0v) is 20.7. The van der Waals surface area contributed by atoms with Gasteiger partial charge in [0.1, 0.15) is 23.0 Å². The molecule has 0 saturated carbocycles. The molecule has 1 atom stereocenters. The Hall–Kier alpha value is -4.53. The molecule has 0 aliphatic rings. The Morgan fingerprint density at radius 1 is 0.842 bits per heavy atom. The highest BCUT2D eigenvalue weighted by atomic mass is 19.4. The summed E-state index contributed by atoms with van der Waals surface area (Å²) < 4.78 is 57.5. The number of carboxylic acid groups (broad SMARTS) is 1. The van der Waals surface area contributed by atoms with E-state index in [1.165, 1.54) is 0 Å². The lowest BCUT2D eigenvalue weighted by atomic mass is 9.96. The summed E-state index contributed by atoms with van der Waals surface area (Å²) in [5, 5.41) is 9.29. The van der Waals surface area contributed by atoms with Crippen molar-refractivity contribution in [2.75, 3.05) is 0 Å². The molecule has 0 aliphatic carbocycles. The Morgan fingerprint density at radius 3 is 2.16 bits per heavy atom. The number of ether oxygens (including phenoxy) is 3. The maximum atomic E-state index is 13.3. The Bertz CT molecular complexity index is 1450. The summed E-state index contributed by atoms with van der Waals surface area (Å²) >= 11 is 0. The van der Waals surface area contributed by atoms with Gasteiger partial charge in [0.05, 0.1) is 11.5 Å². The molecule has 6 nitrogen and oxygen atoms in total. The van der Waals surface area contributed by atoms with Crippen molar-refractivity contribution in [2.24, 2.45) is 0 Å². The third kappa shape index (κ3) is 6.42. The molecular formula is C29H24F3NO5. The number of aryl methyl sites for hydroxylation is 2. The second kappa shape index (κ2) is 10.8. The highest BCUT2D eigenvalue weighted by Crippen LogP contribution is 2.39. The molecule has 4 rings (SSSR count). The van der Waals surface area contributed by atoms with Crippen molar-refractivity contribution >= 4 is 5.97 Å². The first-order valence-corrected chi connectivity index (χ1v) is 11.6. The van der Waals surface area contributed by atoms with Crippen LogP contribution in [0.5, 0.6) is 34.6 Å². The van der Waals surface area contributed by atoms with Crippen LogP contribution < -0.4 is 14.2 Å². The first-order chi connectivity index (χ1) is 18.0. The van der Waals surface area contributed by atoms with Gasteiger partial charge in [-0.3, -0.25) is 4.79 Å². The molecule has 1 heterocycles. The maximum Gasteiger partial charge on any atom is 0.418 e. The van der Waals surface area contributed by atoms with Crippen molar-refractivity contribution in [3.63, 3.8) is 0 Å². The van der Waals surface area contributed by atoms with Gasteiger partial charge in [0.15, 0.2) is 5.75 Å². The SMILES string of the molecule is Cc1cc(Oc2ccc(C(C)C(=O)O)c(C)c2)cc(Oc2ncc(C(F)(F)F)cc2Oc2ccccc2)c1. The van der Waals surface area contributed by atoms with Crippen molar-refractivity contribution in [3.05, 3.63) is 101 Å². The van der Waals surface area contributed by atoms with E-state index in [-0.39, 0.29) is 17.4 Å². The van der Waals surface area contributed by atoms with E-state index in [1.54, 1.807) is 80.6 Å². The van der Waals surface area contributed by atoms with Crippen LogP contribution in [-0.4, -0.2) is 16.1 Å². The lowest BCUT2D eigenvalue weighted by Crippen LogP contribution is -2.08. The van der Waals surface area contributed by atoms with Gasteiger partial charge < -0.3 is 19.3 Å². The maximum absolute atomic E-state index is 13.3. The van der Waals surface area contributed by atoms with E-state index in [2.05, 4.69) is 4.98 Å². The molecule has 1 N–H and O–H groups in total. The van der Waals surface area contributed by atoms with Gasteiger partial charge in [-0.15, -0.1) is 0 Å². The summed E-state index contributed by atoms with van der Waals surface area (Å²) in [6.07, 6.45) is -3.93. The highest BCUT2D eigenvalue weighted by molar-refractivity contribution is 5.76. The van der Waals surface area contributed by atoms with Crippen molar-refractivity contribution in [1.82, 2.24) is 4.98 Å². The van der Waals surface area contributed by atoms with Gasteiger partial charge in [0.25, 0.3) is 5.88 Å². The molecule has 3 aromatic carbocycles. The summed E-state index contributed by atoms with van der Waals surface area (Å²) in [4.78, 5) is 15.2.